The van der Waals surface area contributed by atoms with Crippen molar-refractivity contribution in [3.05, 3.63) is 52.2 Å². The Morgan fingerprint density at radius 2 is 1.87 bits per heavy atom. The topological polar surface area (TPSA) is 164 Å². The van der Waals surface area contributed by atoms with Crippen LogP contribution in [0.25, 0.3) is 28.4 Å². The van der Waals surface area contributed by atoms with Gasteiger partial charge in [-0.15, -0.1) is 0 Å². The molecule has 0 spiro atoms. The molecule has 1 unspecified atom stereocenters. The molecule has 0 fully saturated rings. The maximum Gasteiger partial charge on any atom is 0.397 e. The molecular formula is C20H16O10S. The van der Waals surface area contributed by atoms with E-state index in [9.17, 15) is 28.5 Å². The molecule has 10 nitrogen and oxygen atoms in total. The molecule has 2 heterocycles. The number of rotatable bonds is 4. The summed E-state index contributed by atoms with van der Waals surface area (Å²) in [5.74, 6) is -0.847. The maximum absolute atomic E-state index is 12.7. The van der Waals surface area contributed by atoms with Crippen molar-refractivity contribution in [1.29, 1.82) is 0 Å². The van der Waals surface area contributed by atoms with Crippen LogP contribution in [0.15, 0.2) is 45.6 Å². The first-order valence-electron chi connectivity index (χ1n) is 8.82. The van der Waals surface area contributed by atoms with Crippen molar-refractivity contribution in [2.45, 2.75) is 12.5 Å². The predicted molar refractivity (Wildman–Crippen MR) is 108 cm³/mol. The number of hydrogen-bond donors (Lipinski definition) is 4. The van der Waals surface area contributed by atoms with Gasteiger partial charge in [-0.3, -0.25) is 9.35 Å². The van der Waals surface area contributed by atoms with Gasteiger partial charge >= 0.3 is 10.4 Å². The van der Waals surface area contributed by atoms with E-state index >= 15 is 0 Å². The zero-order chi connectivity index (χ0) is 22.6. The standard InChI is InChI=1S/C20H16O10S/c1-20(9-28-31(25,26)27)5-4-12-16(30-20)8-17-18(19(12)24)14(23)7-15(29-17)11-3-2-10(21)6-13(11)22/h2-8,21-22,24H,9H2,1H3,(H,25,26,27). The molecule has 1 aliphatic heterocycles. The molecule has 4 N–H and O–H groups in total. The van der Waals surface area contributed by atoms with Crippen molar-refractivity contribution in [2.75, 3.05) is 6.61 Å². The highest BCUT2D eigenvalue weighted by molar-refractivity contribution is 7.80. The van der Waals surface area contributed by atoms with Crippen molar-refractivity contribution in [1.82, 2.24) is 0 Å². The van der Waals surface area contributed by atoms with Gasteiger partial charge in [0.15, 0.2) is 5.43 Å². The first-order chi connectivity index (χ1) is 14.5. The molecule has 4 rings (SSSR count). The molecule has 0 saturated heterocycles. The van der Waals surface area contributed by atoms with Crippen LogP contribution in [0.4, 0.5) is 0 Å². The molecule has 0 bridgehead atoms. The van der Waals surface area contributed by atoms with Gasteiger partial charge in [-0.25, -0.2) is 4.18 Å². The van der Waals surface area contributed by atoms with Gasteiger partial charge in [0.25, 0.3) is 0 Å². The summed E-state index contributed by atoms with van der Waals surface area (Å²) in [6.07, 6.45) is 2.84. The van der Waals surface area contributed by atoms with E-state index in [2.05, 4.69) is 4.18 Å². The first-order valence-corrected chi connectivity index (χ1v) is 10.2. The number of phenols is 3. The third-order valence-corrected chi connectivity index (χ3v) is 5.10. The number of aromatic hydroxyl groups is 3. The van der Waals surface area contributed by atoms with E-state index in [0.717, 1.165) is 12.1 Å². The summed E-state index contributed by atoms with van der Waals surface area (Å²) in [5.41, 5.74) is -1.64. The van der Waals surface area contributed by atoms with E-state index in [1.54, 1.807) is 0 Å². The summed E-state index contributed by atoms with van der Waals surface area (Å²) in [7, 11) is -4.70. The minimum atomic E-state index is -4.70. The van der Waals surface area contributed by atoms with Crippen LogP contribution >= 0.6 is 0 Å². The Morgan fingerprint density at radius 1 is 1.13 bits per heavy atom. The normalized spacial score (nSPS) is 18.0. The highest BCUT2D eigenvalue weighted by Gasteiger charge is 2.32. The van der Waals surface area contributed by atoms with Gasteiger partial charge in [0.2, 0.25) is 0 Å². The second-order valence-corrected chi connectivity index (χ2v) is 8.22. The summed E-state index contributed by atoms with van der Waals surface area (Å²) in [6.45, 7) is 0.936. The van der Waals surface area contributed by atoms with Crippen LogP contribution in [0.2, 0.25) is 0 Å². The highest BCUT2D eigenvalue weighted by Crippen LogP contribution is 2.42. The second-order valence-electron chi connectivity index (χ2n) is 7.12. The number of benzene rings is 2. The molecule has 1 atom stereocenters. The molecule has 2 aromatic carbocycles. The molecule has 1 aliphatic rings. The molecule has 0 amide bonds. The smallest absolute Gasteiger partial charge is 0.397 e. The summed E-state index contributed by atoms with van der Waals surface area (Å²) < 4.78 is 46.4. The summed E-state index contributed by atoms with van der Waals surface area (Å²) in [6, 6.07) is 6.17. The van der Waals surface area contributed by atoms with E-state index in [0.29, 0.717) is 0 Å². The number of phenolic OH excluding ortho intramolecular Hbond substituents is 3. The first kappa shape index (κ1) is 20.7. The van der Waals surface area contributed by atoms with E-state index in [4.69, 9.17) is 13.7 Å². The number of ether oxygens (including phenoxy) is 1. The SMILES string of the molecule is CC1(COS(=O)(=O)O)C=Cc2c(cc3oc(-c4ccc(O)cc4O)cc(=O)c3c2O)O1. The van der Waals surface area contributed by atoms with Crippen molar-refractivity contribution in [3.8, 4) is 34.3 Å². The lowest BCUT2D eigenvalue weighted by atomic mass is 9.99. The third-order valence-electron chi connectivity index (χ3n) is 4.68. The van der Waals surface area contributed by atoms with E-state index in [1.807, 2.05) is 0 Å². The van der Waals surface area contributed by atoms with Crippen LogP contribution in [0.5, 0.6) is 23.0 Å². The summed E-state index contributed by atoms with van der Waals surface area (Å²) >= 11 is 0. The zero-order valence-corrected chi connectivity index (χ0v) is 16.7. The Balaban J connectivity index is 1.83. The Bertz CT molecular complexity index is 1400. The van der Waals surface area contributed by atoms with Gasteiger partial charge in [-0.1, -0.05) is 0 Å². The van der Waals surface area contributed by atoms with Gasteiger partial charge < -0.3 is 24.5 Å². The Labute approximate surface area is 175 Å². The fraction of sp³-hybridized carbons (Fsp3) is 0.150. The zero-order valence-electron chi connectivity index (χ0n) is 15.9. The average molecular weight is 448 g/mol. The minimum absolute atomic E-state index is 0.0156. The Hall–Kier alpha value is -3.54. The number of fused-ring (bicyclic) bond motifs is 2. The monoisotopic (exact) mass is 448 g/mol. The lowest BCUT2D eigenvalue weighted by Gasteiger charge is -2.31. The van der Waals surface area contributed by atoms with Crippen LogP contribution < -0.4 is 10.2 Å². The van der Waals surface area contributed by atoms with Crippen molar-refractivity contribution in [2.24, 2.45) is 0 Å². The predicted octanol–water partition coefficient (Wildman–Crippen LogP) is 2.56. The van der Waals surface area contributed by atoms with Crippen LogP contribution in [-0.4, -0.2) is 40.5 Å². The van der Waals surface area contributed by atoms with E-state index in [1.165, 1.54) is 37.3 Å². The molecule has 0 radical (unpaired) electrons. The molecular weight excluding hydrogens is 432 g/mol. The lowest BCUT2D eigenvalue weighted by molar-refractivity contribution is 0.0720. The van der Waals surface area contributed by atoms with Gasteiger partial charge in [0, 0.05) is 18.2 Å². The second kappa shape index (κ2) is 7.01. The number of hydrogen-bond acceptors (Lipinski definition) is 9. The maximum atomic E-state index is 12.7. The molecule has 3 aromatic rings. The molecule has 0 aliphatic carbocycles. The largest absolute Gasteiger partial charge is 0.508 e. The Kier molecular flexibility index (Phi) is 4.69. The Morgan fingerprint density at radius 3 is 2.55 bits per heavy atom. The molecule has 1 aromatic heterocycles. The minimum Gasteiger partial charge on any atom is -0.508 e. The van der Waals surface area contributed by atoms with E-state index < -0.39 is 33.8 Å². The van der Waals surface area contributed by atoms with Gasteiger partial charge in [-0.2, -0.15) is 8.42 Å². The molecule has 11 heteroatoms. The molecule has 31 heavy (non-hydrogen) atoms. The van der Waals surface area contributed by atoms with Crippen LogP contribution in [0.1, 0.15) is 12.5 Å². The van der Waals surface area contributed by atoms with Crippen molar-refractivity contribution in [3.63, 3.8) is 0 Å². The lowest BCUT2D eigenvalue weighted by Crippen LogP contribution is -2.38. The highest BCUT2D eigenvalue weighted by atomic mass is 32.3. The van der Waals surface area contributed by atoms with E-state index in [-0.39, 0.29) is 45.1 Å². The van der Waals surface area contributed by atoms with Gasteiger partial charge in [0.1, 0.15) is 51.9 Å². The average Bonchev–Trinajstić information content (AvgIpc) is 2.65. The molecule has 0 saturated carbocycles. The van der Waals surface area contributed by atoms with Crippen LogP contribution in [0, 0.1) is 0 Å². The fourth-order valence-corrected chi connectivity index (χ4v) is 3.60. The summed E-state index contributed by atoms with van der Waals surface area (Å²) in [4.78, 5) is 12.7. The van der Waals surface area contributed by atoms with Crippen molar-refractivity contribution >= 4 is 27.4 Å². The quantitative estimate of drug-likeness (QED) is 0.436. The van der Waals surface area contributed by atoms with Crippen molar-refractivity contribution < 1.29 is 41.6 Å². The van der Waals surface area contributed by atoms with Gasteiger partial charge in [-0.05, 0) is 31.2 Å². The third kappa shape index (κ3) is 3.93. The van der Waals surface area contributed by atoms with Crippen LogP contribution in [-0.2, 0) is 14.6 Å². The van der Waals surface area contributed by atoms with Crippen LogP contribution in [0.3, 0.4) is 0 Å². The fourth-order valence-electron chi connectivity index (χ4n) is 3.22. The summed E-state index contributed by atoms with van der Waals surface area (Å²) in [5, 5.41) is 30.0. The van der Waals surface area contributed by atoms with Gasteiger partial charge in [0.05, 0.1) is 11.1 Å². The molecule has 162 valence electrons.